The summed E-state index contributed by atoms with van der Waals surface area (Å²) < 4.78 is 43.9. The van der Waals surface area contributed by atoms with Crippen LogP contribution in [0.5, 0.6) is 0 Å². The number of hydrogen-bond acceptors (Lipinski definition) is 4. The van der Waals surface area contributed by atoms with Crippen molar-refractivity contribution in [2.24, 2.45) is 5.10 Å². The van der Waals surface area contributed by atoms with Gasteiger partial charge in [0.15, 0.2) is 0 Å². The van der Waals surface area contributed by atoms with Crippen LogP contribution in [-0.2, 0) is 10.0 Å². The van der Waals surface area contributed by atoms with Crippen molar-refractivity contribution in [3.05, 3.63) is 59.8 Å². The third-order valence-corrected chi connectivity index (χ3v) is 4.28. The Morgan fingerprint density at radius 2 is 2.05 bits per heavy atom. The quantitative estimate of drug-likeness (QED) is 0.875. The molecule has 0 fully saturated rings. The Hall–Kier alpha value is -2.15. The van der Waals surface area contributed by atoms with E-state index >= 15 is 0 Å². The highest BCUT2D eigenvalue weighted by Crippen LogP contribution is 2.35. The molecule has 5 nitrogen and oxygen atoms in total. The Labute approximate surface area is 121 Å². The van der Waals surface area contributed by atoms with Gasteiger partial charge in [-0.25, -0.2) is 12.8 Å². The second kappa shape index (κ2) is 5.00. The molecule has 0 bridgehead atoms. The molecule has 0 radical (unpaired) electrons. The molecule has 0 unspecified atom stereocenters. The molecule has 1 atom stereocenters. The highest BCUT2D eigenvalue weighted by atomic mass is 32.2. The van der Waals surface area contributed by atoms with Crippen molar-refractivity contribution in [2.75, 3.05) is 6.26 Å². The number of nitrogens with zero attached hydrogens (tertiary/aromatic N) is 2. The Morgan fingerprint density at radius 1 is 1.29 bits per heavy atom. The highest BCUT2D eigenvalue weighted by molar-refractivity contribution is 7.88. The maximum Gasteiger partial charge on any atom is 0.247 e. The van der Waals surface area contributed by atoms with Crippen LogP contribution in [0, 0.1) is 5.82 Å². The van der Waals surface area contributed by atoms with Gasteiger partial charge in [0.25, 0.3) is 0 Å². The fourth-order valence-electron chi connectivity index (χ4n) is 2.35. The van der Waals surface area contributed by atoms with E-state index < -0.39 is 21.9 Å². The van der Waals surface area contributed by atoms with Gasteiger partial charge in [0.1, 0.15) is 17.6 Å². The van der Waals surface area contributed by atoms with Gasteiger partial charge < -0.3 is 4.42 Å². The molecule has 0 saturated heterocycles. The molecule has 0 N–H and O–H groups in total. The van der Waals surface area contributed by atoms with Crippen LogP contribution in [0.1, 0.15) is 23.8 Å². The van der Waals surface area contributed by atoms with Crippen molar-refractivity contribution in [1.82, 2.24) is 4.41 Å². The predicted molar refractivity (Wildman–Crippen MR) is 75.7 cm³/mol. The summed E-state index contributed by atoms with van der Waals surface area (Å²) in [5.41, 5.74) is 0.695. The van der Waals surface area contributed by atoms with E-state index in [0.29, 0.717) is 17.0 Å². The number of hydrogen-bond donors (Lipinski definition) is 0. The van der Waals surface area contributed by atoms with E-state index in [9.17, 15) is 12.8 Å². The van der Waals surface area contributed by atoms with Crippen molar-refractivity contribution in [3.8, 4) is 0 Å². The molecule has 1 aliphatic heterocycles. The molecule has 7 heteroatoms. The van der Waals surface area contributed by atoms with Crippen LogP contribution >= 0.6 is 0 Å². The van der Waals surface area contributed by atoms with Gasteiger partial charge in [-0.3, -0.25) is 0 Å². The molecular formula is C14H13FN2O3S. The zero-order valence-electron chi connectivity index (χ0n) is 11.2. The maximum absolute atomic E-state index is 13.9. The van der Waals surface area contributed by atoms with E-state index in [1.807, 2.05) is 0 Å². The van der Waals surface area contributed by atoms with Gasteiger partial charge in [0.05, 0.1) is 18.2 Å². The summed E-state index contributed by atoms with van der Waals surface area (Å²) in [5, 5.41) is 4.09. The minimum Gasteiger partial charge on any atom is -0.467 e. The molecular weight excluding hydrogens is 295 g/mol. The average Bonchev–Trinajstić information content (AvgIpc) is 3.07. The maximum atomic E-state index is 13.9. The van der Waals surface area contributed by atoms with Gasteiger partial charge in [-0.15, -0.1) is 0 Å². The van der Waals surface area contributed by atoms with E-state index in [-0.39, 0.29) is 6.42 Å². The molecule has 3 rings (SSSR count). The number of hydrazone groups is 1. The van der Waals surface area contributed by atoms with Gasteiger partial charge in [-0.2, -0.15) is 9.52 Å². The lowest BCUT2D eigenvalue weighted by atomic mass is 10.0. The van der Waals surface area contributed by atoms with Crippen molar-refractivity contribution in [1.29, 1.82) is 0 Å². The summed E-state index contributed by atoms with van der Waals surface area (Å²) in [4.78, 5) is 0. The molecule has 0 spiro atoms. The van der Waals surface area contributed by atoms with Crippen LogP contribution in [0.15, 0.2) is 52.2 Å². The van der Waals surface area contributed by atoms with Crippen molar-refractivity contribution in [2.45, 2.75) is 12.5 Å². The SMILES string of the molecule is CS(=O)(=O)N1N=C(c2ccccc2F)C[C@@H]1c1ccco1. The Balaban J connectivity index is 2.04. The molecule has 110 valence electrons. The zero-order valence-corrected chi connectivity index (χ0v) is 12.0. The number of sulfonamides is 1. The Bertz CT molecular complexity index is 784. The van der Waals surface area contributed by atoms with E-state index in [0.717, 1.165) is 10.7 Å². The molecule has 1 aliphatic rings. The first-order chi connectivity index (χ1) is 9.97. The summed E-state index contributed by atoms with van der Waals surface area (Å²) in [6.07, 6.45) is 2.80. The third-order valence-electron chi connectivity index (χ3n) is 3.27. The first kappa shape index (κ1) is 13.8. The summed E-state index contributed by atoms with van der Waals surface area (Å²) >= 11 is 0. The normalized spacial score (nSPS) is 18.9. The van der Waals surface area contributed by atoms with Crippen molar-refractivity contribution >= 4 is 15.7 Å². The predicted octanol–water partition coefficient (Wildman–Crippen LogP) is 2.53. The summed E-state index contributed by atoms with van der Waals surface area (Å²) in [7, 11) is -3.57. The Morgan fingerprint density at radius 3 is 2.67 bits per heavy atom. The average molecular weight is 308 g/mol. The van der Waals surface area contributed by atoms with Gasteiger partial charge >= 0.3 is 0 Å². The molecule has 2 aromatic rings. The van der Waals surface area contributed by atoms with Crippen LogP contribution in [-0.4, -0.2) is 24.8 Å². The number of furan rings is 1. The topological polar surface area (TPSA) is 62.9 Å². The van der Waals surface area contributed by atoms with Crippen LogP contribution < -0.4 is 0 Å². The second-order valence-electron chi connectivity index (χ2n) is 4.80. The smallest absolute Gasteiger partial charge is 0.247 e. The minimum atomic E-state index is -3.57. The second-order valence-corrected chi connectivity index (χ2v) is 6.64. The molecule has 0 aliphatic carbocycles. The minimum absolute atomic E-state index is 0.265. The molecule has 1 aromatic heterocycles. The van der Waals surface area contributed by atoms with Crippen molar-refractivity contribution < 1.29 is 17.2 Å². The first-order valence-corrected chi connectivity index (χ1v) is 8.17. The molecule has 0 amide bonds. The monoisotopic (exact) mass is 308 g/mol. The standard InChI is InChI=1S/C14H13FN2O3S/c1-21(18,19)17-13(14-7-4-8-20-14)9-12(16-17)10-5-2-3-6-11(10)15/h2-8,13H,9H2,1H3/t13-/m1/s1. The van der Waals surface area contributed by atoms with Gasteiger partial charge in [0, 0.05) is 12.0 Å². The highest BCUT2D eigenvalue weighted by Gasteiger charge is 2.36. The fraction of sp³-hybridized carbons (Fsp3) is 0.214. The van der Waals surface area contributed by atoms with E-state index in [1.54, 1.807) is 30.3 Å². The summed E-state index contributed by atoms with van der Waals surface area (Å²) in [6.45, 7) is 0. The lowest BCUT2D eigenvalue weighted by Crippen LogP contribution is -2.25. The summed E-state index contributed by atoms with van der Waals surface area (Å²) in [5.74, 6) is 0.0558. The molecule has 0 saturated carbocycles. The van der Waals surface area contributed by atoms with Crippen LogP contribution in [0.4, 0.5) is 4.39 Å². The zero-order chi connectivity index (χ0) is 15.0. The van der Waals surface area contributed by atoms with Crippen LogP contribution in [0.2, 0.25) is 0 Å². The van der Waals surface area contributed by atoms with Gasteiger partial charge in [-0.1, -0.05) is 18.2 Å². The van der Waals surface area contributed by atoms with Gasteiger partial charge in [0.2, 0.25) is 10.0 Å². The number of rotatable bonds is 3. The van der Waals surface area contributed by atoms with Crippen LogP contribution in [0.25, 0.3) is 0 Å². The molecule has 21 heavy (non-hydrogen) atoms. The summed E-state index contributed by atoms with van der Waals surface area (Å²) in [6, 6.07) is 8.95. The fourth-order valence-corrected chi connectivity index (χ4v) is 3.23. The third kappa shape index (κ3) is 2.56. The lowest BCUT2D eigenvalue weighted by molar-refractivity contribution is 0.322. The number of benzene rings is 1. The van der Waals surface area contributed by atoms with Crippen LogP contribution in [0.3, 0.4) is 0 Å². The van der Waals surface area contributed by atoms with Crippen molar-refractivity contribution in [3.63, 3.8) is 0 Å². The van der Waals surface area contributed by atoms with E-state index in [2.05, 4.69) is 5.10 Å². The van der Waals surface area contributed by atoms with E-state index in [4.69, 9.17) is 4.42 Å². The largest absolute Gasteiger partial charge is 0.467 e. The van der Waals surface area contributed by atoms with Gasteiger partial charge in [-0.05, 0) is 18.2 Å². The molecule has 1 aromatic carbocycles. The van der Waals surface area contributed by atoms with E-state index in [1.165, 1.54) is 12.3 Å². The number of halogens is 1. The Kier molecular flexibility index (Phi) is 3.29. The molecule has 2 heterocycles. The first-order valence-electron chi connectivity index (χ1n) is 6.32. The lowest BCUT2D eigenvalue weighted by Gasteiger charge is -2.18.